The summed E-state index contributed by atoms with van der Waals surface area (Å²) in [5, 5.41) is 3.53. The fourth-order valence-electron chi connectivity index (χ4n) is 3.10. The molecule has 0 spiro atoms. The third-order valence-corrected chi connectivity index (χ3v) is 6.24. The molecule has 0 heterocycles. The van der Waals surface area contributed by atoms with Gasteiger partial charge in [-0.05, 0) is 77.5 Å². The van der Waals surface area contributed by atoms with Crippen LogP contribution in [0.25, 0.3) is 0 Å². The summed E-state index contributed by atoms with van der Waals surface area (Å²) in [6, 6.07) is 12.5. The van der Waals surface area contributed by atoms with Gasteiger partial charge in [0.1, 0.15) is 11.8 Å². The minimum atomic E-state index is -0.661. The van der Waals surface area contributed by atoms with Crippen molar-refractivity contribution in [3.05, 3.63) is 63.1 Å². The molecule has 0 fully saturated rings. The lowest BCUT2D eigenvalue weighted by molar-refractivity contribution is -0.142. The van der Waals surface area contributed by atoms with Crippen LogP contribution in [0.1, 0.15) is 58.1 Å². The zero-order chi connectivity index (χ0) is 23.8. The van der Waals surface area contributed by atoms with E-state index in [9.17, 15) is 9.59 Å². The first-order chi connectivity index (χ1) is 15.1. The molecule has 2 rings (SSSR count). The zero-order valence-corrected chi connectivity index (χ0v) is 21.7. The van der Waals surface area contributed by atoms with E-state index in [4.69, 9.17) is 16.3 Å². The van der Waals surface area contributed by atoms with Gasteiger partial charge in [-0.1, -0.05) is 50.6 Å². The number of nitrogens with zero attached hydrogens (tertiary/aromatic N) is 1. The second-order valence-electron chi connectivity index (χ2n) is 8.28. The van der Waals surface area contributed by atoms with Crippen molar-refractivity contribution >= 4 is 39.3 Å². The summed E-state index contributed by atoms with van der Waals surface area (Å²) in [4.78, 5) is 27.5. The molecule has 2 atom stereocenters. The molecule has 0 saturated carbocycles. The van der Waals surface area contributed by atoms with Crippen molar-refractivity contribution in [3.63, 3.8) is 0 Å². The number of amides is 2. The summed E-state index contributed by atoms with van der Waals surface area (Å²) in [6.07, 6.45) is 0.810. The molecule has 0 aliphatic rings. The van der Waals surface area contributed by atoms with Crippen LogP contribution in [0.15, 0.2) is 46.9 Å². The highest BCUT2D eigenvalue weighted by atomic mass is 79.9. The average molecular weight is 524 g/mol. The molecule has 0 aliphatic heterocycles. The molecule has 5 nitrogen and oxygen atoms in total. The Balaban J connectivity index is 2.18. The molecule has 0 unspecified atom stereocenters. The van der Waals surface area contributed by atoms with Gasteiger partial charge in [-0.3, -0.25) is 9.59 Å². The number of benzene rings is 2. The lowest BCUT2D eigenvalue weighted by atomic mass is 10.0. The summed E-state index contributed by atoms with van der Waals surface area (Å²) in [5.74, 6) is 0.496. The Kier molecular flexibility index (Phi) is 10.0. The van der Waals surface area contributed by atoms with Crippen molar-refractivity contribution in [1.29, 1.82) is 0 Å². The number of carbonyl (C=O) groups is 2. The van der Waals surface area contributed by atoms with Crippen LogP contribution in [0, 0.1) is 0 Å². The van der Waals surface area contributed by atoms with Gasteiger partial charge in [0.25, 0.3) is 5.91 Å². The Morgan fingerprint density at radius 1 is 1.12 bits per heavy atom. The van der Waals surface area contributed by atoms with Gasteiger partial charge in [0.05, 0.1) is 4.47 Å². The van der Waals surface area contributed by atoms with Gasteiger partial charge in [-0.15, -0.1) is 0 Å². The van der Waals surface area contributed by atoms with Crippen LogP contribution in [0.3, 0.4) is 0 Å². The van der Waals surface area contributed by atoms with Crippen molar-refractivity contribution in [2.24, 2.45) is 0 Å². The van der Waals surface area contributed by atoms with Gasteiger partial charge in [0.15, 0.2) is 6.61 Å². The maximum atomic E-state index is 13.2. The minimum Gasteiger partial charge on any atom is -0.483 e. The smallest absolute Gasteiger partial charge is 0.261 e. The topological polar surface area (TPSA) is 58.6 Å². The van der Waals surface area contributed by atoms with Gasteiger partial charge in [-0.2, -0.15) is 0 Å². The van der Waals surface area contributed by atoms with Crippen LogP contribution in [0.5, 0.6) is 5.75 Å². The van der Waals surface area contributed by atoms with E-state index in [1.54, 1.807) is 19.1 Å². The Hall–Kier alpha value is -2.05. The van der Waals surface area contributed by atoms with Crippen molar-refractivity contribution in [2.45, 2.75) is 65.6 Å². The Morgan fingerprint density at radius 3 is 2.44 bits per heavy atom. The summed E-state index contributed by atoms with van der Waals surface area (Å²) in [5.41, 5.74) is 2.02. The zero-order valence-electron chi connectivity index (χ0n) is 19.3. The fraction of sp³-hybridized carbons (Fsp3) is 0.440. The summed E-state index contributed by atoms with van der Waals surface area (Å²) in [7, 11) is 0. The summed E-state index contributed by atoms with van der Waals surface area (Å²) >= 11 is 9.64. The molecule has 174 valence electrons. The number of halogens is 2. The van der Waals surface area contributed by atoms with E-state index >= 15 is 0 Å². The summed E-state index contributed by atoms with van der Waals surface area (Å²) < 4.78 is 6.60. The first-order valence-electron chi connectivity index (χ1n) is 10.9. The normalized spacial score (nSPS) is 12.9. The van der Waals surface area contributed by atoms with E-state index in [0.29, 0.717) is 16.7 Å². The number of nitrogens with one attached hydrogen (secondary N) is 1. The minimum absolute atomic E-state index is 0.0275. The van der Waals surface area contributed by atoms with Crippen molar-refractivity contribution in [3.8, 4) is 5.75 Å². The average Bonchev–Trinajstić information content (AvgIpc) is 2.75. The van der Waals surface area contributed by atoms with Crippen LogP contribution in [0.4, 0.5) is 0 Å². The van der Waals surface area contributed by atoms with Crippen LogP contribution in [0.2, 0.25) is 5.02 Å². The Labute approximate surface area is 204 Å². The Bertz CT molecular complexity index is 935. The molecular formula is C25H32BrClN2O3. The third kappa shape index (κ3) is 7.52. The SMILES string of the molecule is CC[C@@H](C)NC(=O)[C@H](C)N(Cc1cccc(Cl)c1)C(=O)COc1ccc(C(C)C)cc1Br. The van der Waals surface area contributed by atoms with Gasteiger partial charge < -0.3 is 15.0 Å². The Morgan fingerprint density at radius 2 is 1.84 bits per heavy atom. The summed E-state index contributed by atoms with van der Waals surface area (Å²) in [6.45, 7) is 9.98. The number of hydrogen-bond donors (Lipinski definition) is 1. The maximum absolute atomic E-state index is 13.2. The first-order valence-corrected chi connectivity index (χ1v) is 12.1. The van der Waals surface area contributed by atoms with Crippen LogP contribution in [-0.2, 0) is 16.1 Å². The van der Waals surface area contributed by atoms with Crippen molar-refractivity contribution in [2.75, 3.05) is 6.61 Å². The van der Waals surface area contributed by atoms with E-state index in [0.717, 1.165) is 16.5 Å². The van der Waals surface area contributed by atoms with Gasteiger partial charge >= 0.3 is 0 Å². The van der Waals surface area contributed by atoms with Gasteiger partial charge in [0, 0.05) is 17.6 Å². The van der Waals surface area contributed by atoms with E-state index in [2.05, 4.69) is 35.1 Å². The molecular weight excluding hydrogens is 492 g/mol. The quantitative estimate of drug-likeness (QED) is 0.419. The highest BCUT2D eigenvalue weighted by molar-refractivity contribution is 9.10. The number of carbonyl (C=O) groups excluding carboxylic acids is 2. The van der Waals surface area contributed by atoms with Crippen LogP contribution < -0.4 is 10.1 Å². The van der Waals surface area contributed by atoms with E-state index in [1.807, 2.05) is 44.2 Å². The number of ether oxygens (including phenoxy) is 1. The van der Waals surface area contributed by atoms with E-state index in [-0.39, 0.29) is 31.0 Å². The molecule has 0 radical (unpaired) electrons. The molecule has 32 heavy (non-hydrogen) atoms. The number of rotatable bonds is 10. The molecule has 0 saturated heterocycles. The van der Waals surface area contributed by atoms with Crippen molar-refractivity contribution < 1.29 is 14.3 Å². The highest BCUT2D eigenvalue weighted by Gasteiger charge is 2.27. The van der Waals surface area contributed by atoms with Gasteiger partial charge in [0.2, 0.25) is 5.91 Å². The third-order valence-electron chi connectivity index (χ3n) is 5.38. The van der Waals surface area contributed by atoms with E-state index in [1.165, 1.54) is 10.5 Å². The molecule has 0 aromatic heterocycles. The molecule has 2 amide bonds. The first kappa shape index (κ1) is 26.2. The predicted octanol–water partition coefficient (Wildman–Crippen LogP) is 5.94. The van der Waals surface area contributed by atoms with Crippen LogP contribution >= 0.6 is 27.5 Å². The molecule has 7 heteroatoms. The molecule has 2 aromatic rings. The molecule has 0 bridgehead atoms. The molecule has 0 aliphatic carbocycles. The second kappa shape index (κ2) is 12.3. The van der Waals surface area contributed by atoms with Crippen LogP contribution in [-0.4, -0.2) is 35.4 Å². The standard InChI is InChI=1S/C25H32BrClN2O3/c1-6-17(4)28-25(31)18(5)29(14-19-8-7-9-21(27)12-19)24(30)15-32-23-11-10-20(16(2)3)13-22(23)26/h7-13,16-18H,6,14-15H2,1-5H3,(H,28,31)/t17-,18+/m1/s1. The fourth-order valence-corrected chi connectivity index (χ4v) is 3.82. The van der Waals surface area contributed by atoms with Crippen molar-refractivity contribution in [1.82, 2.24) is 10.2 Å². The lowest BCUT2D eigenvalue weighted by Gasteiger charge is -2.29. The number of hydrogen-bond acceptors (Lipinski definition) is 3. The second-order valence-corrected chi connectivity index (χ2v) is 9.57. The largest absolute Gasteiger partial charge is 0.483 e. The lowest BCUT2D eigenvalue weighted by Crippen LogP contribution is -2.50. The molecule has 2 aromatic carbocycles. The maximum Gasteiger partial charge on any atom is 0.261 e. The van der Waals surface area contributed by atoms with E-state index < -0.39 is 6.04 Å². The highest BCUT2D eigenvalue weighted by Crippen LogP contribution is 2.29. The molecule has 1 N–H and O–H groups in total. The van der Waals surface area contributed by atoms with Gasteiger partial charge in [-0.25, -0.2) is 0 Å². The predicted molar refractivity (Wildman–Crippen MR) is 133 cm³/mol. The monoisotopic (exact) mass is 522 g/mol.